The third kappa shape index (κ3) is 1.02. The maximum Gasteiger partial charge on any atom is 0.192 e. The topological polar surface area (TPSA) is 51.6 Å². The highest BCUT2D eigenvalue weighted by atomic mass is 35.5. The summed E-state index contributed by atoms with van der Waals surface area (Å²) in [4.78, 5) is 0. The van der Waals surface area contributed by atoms with Gasteiger partial charge in [0.05, 0.1) is 0 Å². The summed E-state index contributed by atoms with van der Waals surface area (Å²) in [6.07, 6.45) is 0. The van der Waals surface area contributed by atoms with Gasteiger partial charge >= 0.3 is 0 Å². The smallest absolute Gasteiger partial charge is 0.113 e. The van der Waals surface area contributed by atoms with Gasteiger partial charge in [0, 0.05) is 0 Å². The van der Waals surface area contributed by atoms with Crippen LogP contribution in [0.15, 0.2) is 0 Å². The SMILES string of the molecule is Clc1nnnnc1Cl. The standard InChI is InChI=1S/C2Cl2N4/c3-1-2(4)6-8-7-5-1. The van der Waals surface area contributed by atoms with Crippen molar-refractivity contribution in [1.82, 2.24) is 20.6 Å². The van der Waals surface area contributed by atoms with E-state index in [1.807, 2.05) is 0 Å². The van der Waals surface area contributed by atoms with E-state index in [-0.39, 0.29) is 10.3 Å². The summed E-state index contributed by atoms with van der Waals surface area (Å²) in [5, 5.41) is 13.0. The molecule has 0 unspecified atom stereocenters. The summed E-state index contributed by atoms with van der Waals surface area (Å²) in [5.74, 6) is 0. The largest absolute Gasteiger partial charge is 0.192 e. The molecule has 42 valence electrons. The zero-order chi connectivity index (χ0) is 5.98. The van der Waals surface area contributed by atoms with Crippen molar-refractivity contribution in [3.63, 3.8) is 0 Å². The van der Waals surface area contributed by atoms with Gasteiger partial charge in [0.25, 0.3) is 0 Å². The predicted molar refractivity (Wildman–Crippen MR) is 27.6 cm³/mol. The first-order valence-corrected chi connectivity index (χ1v) is 2.43. The van der Waals surface area contributed by atoms with Crippen LogP contribution in [0.5, 0.6) is 0 Å². The Morgan fingerprint density at radius 2 is 1.25 bits per heavy atom. The lowest BCUT2D eigenvalue weighted by Crippen LogP contribution is -1.90. The summed E-state index contributed by atoms with van der Waals surface area (Å²) >= 11 is 10.6. The first-order valence-electron chi connectivity index (χ1n) is 1.68. The number of nitrogens with zero attached hydrogens (tertiary/aromatic N) is 4. The van der Waals surface area contributed by atoms with Gasteiger partial charge in [0.15, 0.2) is 10.3 Å². The van der Waals surface area contributed by atoms with E-state index >= 15 is 0 Å². The number of hydrogen-bond acceptors (Lipinski definition) is 4. The van der Waals surface area contributed by atoms with Gasteiger partial charge in [-0.25, -0.2) is 0 Å². The van der Waals surface area contributed by atoms with Gasteiger partial charge < -0.3 is 0 Å². The van der Waals surface area contributed by atoms with Crippen LogP contribution in [0.4, 0.5) is 0 Å². The van der Waals surface area contributed by atoms with E-state index in [2.05, 4.69) is 20.6 Å². The Morgan fingerprint density at radius 1 is 0.875 bits per heavy atom. The Balaban J connectivity index is 3.13. The van der Waals surface area contributed by atoms with Crippen molar-refractivity contribution in [2.24, 2.45) is 0 Å². The van der Waals surface area contributed by atoms with Crippen LogP contribution in [0.2, 0.25) is 10.3 Å². The molecule has 0 N–H and O–H groups in total. The summed E-state index contributed by atoms with van der Waals surface area (Å²) in [5.41, 5.74) is 0. The Hall–Kier alpha value is -0.480. The number of hydrogen-bond donors (Lipinski definition) is 0. The van der Waals surface area contributed by atoms with Gasteiger partial charge in [-0.15, -0.1) is 10.2 Å². The molecule has 0 aliphatic heterocycles. The second-order valence-corrected chi connectivity index (χ2v) is 1.68. The molecule has 1 rings (SSSR count). The van der Waals surface area contributed by atoms with Crippen LogP contribution in [-0.2, 0) is 0 Å². The molecule has 0 radical (unpaired) electrons. The normalized spacial score (nSPS) is 9.25. The molecule has 0 saturated carbocycles. The van der Waals surface area contributed by atoms with E-state index in [1.165, 1.54) is 0 Å². The van der Waals surface area contributed by atoms with Crippen LogP contribution in [0.3, 0.4) is 0 Å². The third-order valence-electron chi connectivity index (χ3n) is 0.475. The molecular formula is C2Cl2N4. The molecule has 8 heavy (non-hydrogen) atoms. The van der Waals surface area contributed by atoms with Crippen molar-refractivity contribution >= 4 is 23.2 Å². The first-order chi connectivity index (χ1) is 3.80. The van der Waals surface area contributed by atoms with Gasteiger partial charge in [0.2, 0.25) is 0 Å². The Kier molecular flexibility index (Phi) is 1.55. The molecule has 0 bridgehead atoms. The van der Waals surface area contributed by atoms with Crippen molar-refractivity contribution in [3.05, 3.63) is 10.3 Å². The number of halogens is 2. The molecular weight excluding hydrogens is 151 g/mol. The fourth-order valence-corrected chi connectivity index (χ4v) is 0.344. The minimum atomic E-state index is 0.0710. The van der Waals surface area contributed by atoms with Gasteiger partial charge in [-0.2, -0.15) is 0 Å². The third-order valence-corrected chi connectivity index (χ3v) is 1.08. The molecule has 0 saturated heterocycles. The molecule has 1 aromatic heterocycles. The van der Waals surface area contributed by atoms with Gasteiger partial charge in [-0.1, -0.05) is 23.2 Å². The Morgan fingerprint density at radius 3 is 1.50 bits per heavy atom. The molecule has 0 spiro atoms. The lowest BCUT2D eigenvalue weighted by molar-refractivity contribution is 0.762. The maximum absolute atomic E-state index is 5.30. The molecule has 0 fully saturated rings. The highest BCUT2D eigenvalue weighted by molar-refractivity contribution is 6.40. The maximum atomic E-state index is 5.30. The fourth-order valence-electron chi connectivity index (χ4n) is 0.201. The van der Waals surface area contributed by atoms with Crippen molar-refractivity contribution in [2.75, 3.05) is 0 Å². The quantitative estimate of drug-likeness (QED) is 0.543. The second-order valence-electron chi connectivity index (χ2n) is 0.961. The van der Waals surface area contributed by atoms with Crippen molar-refractivity contribution in [3.8, 4) is 0 Å². The molecule has 0 amide bonds. The Bertz CT molecular complexity index is 168. The van der Waals surface area contributed by atoms with E-state index in [0.717, 1.165) is 0 Å². The Labute approximate surface area is 54.8 Å². The number of rotatable bonds is 0. The van der Waals surface area contributed by atoms with Gasteiger partial charge in [0.1, 0.15) is 0 Å². The summed E-state index contributed by atoms with van der Waals surface area (Å²) in [6.45, 7) is 0. The van der Waals surface area contributed by atoms with Gasteiger partial charge in [-0.3, -0.25) is 0 Å². The highest BCUT2D eigenvalue weighted by Gasteiger charge is 1.96. The van der Waals surface area contributed by atoms with Crippen LogP contribution >= 0.6 is 23.2 Å². The molecule has 0 aliphatic rings. The lowest BCUT2D eigenvalue weighted by Gasteiger charge is -1.83. The number of aromatic nitrogens is 4. The van der Waals surface area contributed by atoms with E-state index in [0.29, 0.717) is 0 Å². The fraction of sp³-hybridized carbons (Fsp3) is 0. The minimum absolute atomic E-state index is 0.0710. The summed E-state index contributed by atoms with van der Waals surface area (Å²) in [6, 6.07) is 0. The zero-order valence-electron chi connectivity index (χ0n) is 3.54. The predicted octanol–water partition coefficient (Wildman–Crippen LogP) is 0.573. The van der Waals surface area contributed by atoms with Gasteiger partial charge in [-0.05, 0) is 10.4 Å². The van der Waals surface area contributed by atoms with Crippen LogP contribution in [-0.4, -0.2) is 20.6 Å². The van der Waals surface area contributed by atoms with Crippen LogP contribution in [0.1, 0.15) is 0 Å². The average Bonchev–Trinajstić information content (AvgIpc) is 1.77. The lowest BCUT2D eigenvalue weighted by atomic mass is 10.9. The molecule has 1 aromatic rings. The molecule has 0 aromatic carbocycles. The molecule has 6 heteroatoms. The van der Waals surface area contributed by atoms with Crippen molar-refractivity contribution < 1.29 is 0 Å². The molecule has 0 atom stereocenters. The molecule has 0 aliphatic carbocycles. The monoisotopic (exact) mass is 150 g/mol. The second kappa shape index (κ2) is 2.19. The van der Waals surface area contributed by atoms with E-state index in [1.54, 1.807) is 0 Å². The minimum Gasteiger partial charge on any atom is -0.113 e. The first kappa shape index (κ1) is 5.65. The van der Waals surface area contributed by atoms with Crippen molar-refractivity contribution in [2.45, 2.75) is 0 Å². The van der Waals surface area contributed by atoms with Crippen LogP contribution in [0.25, 0.3) is 0 Å². The van der Waals surface area contributed by atoms with Crippen LogP contribution in [0, 0.1) is 0 Å². The summed E-state index contributed by atoms with van der Waals surface area (Å²) in [7, 11) is 0. The average molecular weight is 151 g/mol. The van der Waals surface area contributed by atoms with Crippen molar-refractivity contribution in [1.29, 1.82) is 0 Å². The van der Waals surface area contributed by atoms with E-state index < -0.39 is 0 Å². The molecule has 1 heterocycles. The van der Waals surface area contributed by atoms with Crippen LogP contribution < -0.4 is 0 Å². The molecule has 4 nitrogen and oxygen atoms in total. The zero-order valence-corrected chi connectivity index (χ0v) is 5.06. The van der Waals surface area contributed by atoms with E-state index in [9.17, 15) is 0 Å². The highest BCUT2D eigenvalue weighted by Crippen LogP contribution is 2.10. The van der Waals surface area contributed by atoms with E-state index in [4.69, 9.17) is 23.2 Å². The summed E-state index contributed by atoms with van der Waals surface area (Å²) < 4.78 is 0.